The Balaban J connectivity index is 1.10. The lowest BCUT2D eigenvalue weighted by Crippen LogP contribution is -2.00. The molecule has 238 valence electrons. The van der Waals surface area contributed by atoms with Gasteiger partial charge in [-0.1, -0.05) is 152 Å². The predicted molar refractivity (Wildman–Crippen MR) is 207 cm³/mol. The Kier molecular flexibility index (Phi) is 6.74. The summed E-state index contributed by atoms with van der Waals surface area (Å²) in [6, 6.07) is 58.1. The maximum atomic E-state index is 6.54. The van der Waals surface area contributed by atoms with E-state index in [0.717, 1.165) is 71.7 Å². The third-order valence-corrected chi connectivity index (χ3v) is 9.51. The largest absolute Gasteiger partial charge is 0.454 e. The number of para-hydroxylation sites is 1. The van der Waals surface area contributed by atoms with E-state index in [4.69, 9.17) is 24.4 Å². The lowest BCUT2D eigenvalue weighted by Gasteiger charge is -2.10. The molecule has 0 saturated carbocycles. The Morgan fingerprint density at radius 2 is 0.824 bits per heavy atom. The second-order valence-corrected chi connectivity index (χ2v) is 12.7. The summed E-state index contributed by atoms with van der Waals surface area (Å²) in [5.41, 5.74) is 9.35. The van der Waals surface area contributed by atoms with Gasteiger partial charge >= 0.3 is 0 Å². The lowest BCUT2D eigenvalue weighted by molar-refractivity contribution is 0.669. The van der Waals surface area contributed by atoms with E-state index in [1.54, 1.807) is 0 Å². The molecule has 0 unspecified atom stereocenters. The molecule has 0 aliphatic rings. The van der Waals surface area contributed by atoms with Crippen molar-refractivity contribution in [1.29, 1.82) is 0 Å². The molecular formula is C46H28N4O. The zero-order valence-electron chi connectivity index (χ0n) is 27.4. The van der Waals surface area contributed by atoms with Gasteiger partial charge in [0.15, 0.2) is 23.1 Å². The molecule has 0 spiro atoms. The van der Waals surface area contributed by atoms with Crippen molar-refractivity contribution in [3.05, 3.63) is 170 Å². The maximum Gasteiger partial charge on any atom is 0.164 e. The minimum atomic E-state index is 0.601. The molecule has 3 aromatic heterocycles. The fourth-order valence-corrected chi connectivity index (χ4v) is 6.94. The van der Waals surface area contributed by atoms with Crippen molar-refractivity contribution in [3.63, 3.8) is 0 Å². The van der Waals surface area contributed by atoms with Crippen molar-refractivity contribution in [2.45, 2.75) is 0 Å². The normalized spacial score (nSPS) is 11.5. The summed E-state index contributed by atoms with van der Waals surface area (Å²) in [6.45, 7) is 0. The Hall–Kier alpha value is -6.98. The quantitative estimate of drug-likeness (QED) is 0.173. The van der Waals surface area contributed by atoms with Crippen LogP contribution in [0, 0.1) is 0 Å². The summed E-state index contributed by atoms with van der Waals surface area (Å²) >= 11 is 0. The van der Waals surface area contributed by atoms with E-state index in [2.05, 4.69) is 121 Å². The van der Waals surface area contributed by atoms with E-state index < -0.39 is 0 Å². The van der Waals surface area contributed by atoms with Crippen LogP contribution in [0.3, 0.4) is 0 Å². The number of rotatable bonds is 5. The average molecular weight is 653 g/mol. The Labute approximate surface area is 293 Å². The van der Waals surface area contributed by atoms with Gasteiger partial charge in [0, 0.05) is 38.4 Å². The maximum absolute atomic E-state index is 6.54. The highest BCUT2D eigenvalue weighted by Gasteiger charge is 2.19. The number of nitrogens with zero attached hydrogens (tertiary/aromatic N) is 4. The fourth-order valence-electron chi connectivity index (χ4n) is 6.94. The van der Waals surface area contributed by atoms with Gasteiger partial charge in [0.1, 0.15) is 11.3 Å². The third-order valence-electron chi connectivity index (χ3n) is 9.51. The number of benzene rings is 7. The molecule has 0 amide bonds. The van der Waals surface area contributed by atoms with Crippen LogP contribution < -0.4 is 0 Å². The molecule has 5 nitrogen and oxygen atoms in total. The minimum Gasteiger partial charge on any atom is -0.454 e. The third kappa shape index (κ3) is 5.11. The lowest BCUT2D eigenvalue weighted by atomic mass is 10.00. The van der Waals surface area contributed by atoms with Crippen molar-refractivity contribution >= 4 is 43.6 Å². The van der Waals surface area contributed by atoms with E-state index in [0.29, 0.717) is 17.5 Å². The Morgan fingerprint density at radius 3 is 1.47 bits per heavy atom. The molecule has 0 radical (unpaired) electrons. The first-order chi connectivity index (χ1) is 25.2. The van der Waals surface area contributed by atoms with Crippen LogP contribution in [0.5, 0.6) is 0 Å². The average Bonchev–Trinajstić information content (AvgIpc) is 3.61. The van der Waals surface area contributed by atoms with E-state index in [1.807, 2.05) is 48.5 Å². The van der Waals surface area contributed by atoms with Crippen LogP contribution in [-0.4, -0.2) is 19.9 Å². The van der Waals surface area contributed by atoms with Crippen molar-refractivity contribution in [2.24, 2.45) is 0 Å². The van der Waals surface area contributed by atoms with Gasteiger partial charge in [-0.05, 0) is 40.1 Å². The van der Waals surface area contributed by atoms with Crippen LogP contribution >= 0.6 is 0 Å². The molecule has 0 aliphatic heterocycles. The molecule has 5 heteroatoms. The SMILES string of the molecule is c1ccc(-c2ccc(-c3nc(-c4ccccc4)nc(-c4ccc(-c5nc6cc7ccccc7cc6c6c5oc5ccccc56)cc4)n3)cc2)cc1. The number of aromatic nitrogens is 4. The molecule has 3 heterocycles. The second-order valence-electron chi connectivity index (χ2n) is 12.7. The monoisotopic (exact) mass is 652 g/mol. The van der Waals surface area contributed by atoms with Crippen molar-refractivity contribution in [2.75, 3.05) is 0 Å². The topological polar surface area (TPSA) is 64.7 Å². The van der Waals surface area contributed by atoms with E-state index in [1.165, 1.54) is 10.9 Å². The van der Waals surface area contributed by atoms with E-state index in [-0.39, 0.29) is 0 Å². The molecule has 0 atom stereocenters. The molecule has 0 N–H and O–H groups in total. The minimum absolute atomic E-state index is 0.601. The first-order valence-corrected chi connectivity index (χ1v) is 17.0. The second kappa shape index (κ2) is 11.9. The van der Waals surface area contributed by atoms with Crippen molar-refractivity contribution in [3.8, 4) is 56.5 Å². The molecule has 0 aliphatic carbocycles. The van der Waals surface area contributed by atoms with Gasteiger partial charge in [-0.25, -0.2) is 19.9 Å². The Morgan fingerprint density at radius 1 is 0.353 bits per heavy atom. The number of furan rings is 1. The van der Waals surface area contributed by atoms with Gasteiger partial charge in [-0.15, -0.1) is 0 Å². The summed E-state index contributed by atoms with van der Waals surface area (Å²) in [5, 5.41) is 5.57. The van der Waals surface area contributed by atoms with Gasteiger partial charge < -0.3 is 4.42 Å². The van der Waals surface area contributed by atoms with Gasteiger partial charge in [0.05, 0.1) is 5.52 Å². The van der Waals surface area contributed by atoms with Gasteiger partial charge in [-0.3, -0.25) is 0 Å². The van der Waals surface area contributed by atoms with Gasteiger partial charge in [0.25, 0.3) is 0 Å². The molecular weight excluding hydrogens is 625 g/mol. The first-order valence-electron chi connectivity index (χ1n) is 17.0. The van der Waals surface area contributed by atoms with Crippen LogP contribution in [-0.2, 0) is 0 Å². The summed E-state index contributed by atoms with van der Waals surface area (Å²) in [7, 11) is 0. The highest BCUT2D eigenvalue weighted by atomic mass is 16.3. The van der Waals surface area contributed by atoms with Crippen LogP contribution in [0.2, 0.25) is 0 Å². The zero-order valence-corrected chi connectivity index (χ0v) is 27.4. The van der Waals surface area contributed by atoms with Crippen LogP contribution in [0.25, 0.3) is 100 Å². The van der Waals surface area contributed by atoms with Crippen LogP contribution in [0.15, 0.2) is 174 Å². The zero-order chi connectivity index (χ0) is 33.7. The molecule has 51 heavy (non-hydrogen) atoms. The number of hydrogen-bond donors (Lipinski definition) is 0. The fraction of sp³-hybridized carbons (Fsp3) is 0. The molecule has 0 fully saturated rings. The summed E-state index contributed by atoms with van der Waals surface area (Å²) in [4.78, 5) is 20.1. The smallest absolute Gasteiger partial charge is 0.164 e. The predicted octanol–water partition coefficient (Wildman–Crippen LogP) is 11.8. The highest BCUT2D eigenvalue weighted by Crippen LogP contribution is 2.40. The summed E-state index contributed by atoms with van der Waals surface area (Å²) in [5.74, 6) is 1.85. The molecule has 7 aromatic carbocycles. The van der Waals surface area contributed by atoms with Crippen molar-refractivity contribution < 1.29 is 4.42 Å². The first kappa shape index (κ1) is 29.0. The van der Waals surface area contributed by atoms with Crippen LogP contribution in [0.4, 0.5) is 0 Å². The van der Waals surface area contributed by atoms with Gasteiger partial charge in [-0.2, -0.15) is 0 Å². The summed E-state index contributed by atoms with van der Waals surface area (Å²) in [6.07, 6.45) is 0. The van der Waals surface area contributed by atoms with Crippen LogP contribution in [0.1, 0.15) is 0 Å². The van der Waals surface area contributed by atoms with E-state index in [9.17, 15) is 0 Å². The van der Waals surface area contributed by atoms with Crippen molar-refractivity contribution in [1.82, 2.24) is 19.9 Å². The molecule has 10 rings (SSSR count). The number of fused-ring (bicyclic) bond motifs is 6. The highest BCUT2D eigenvalue weighted by molar-refractivity contribution is 6.22. The molecule has 10 aromatic rings. The summed E-state index contributed by atoms with van der Waals surface area (Å²) < 4.78 is 6.54. The molecule has 0 saturated heterocycles. The number of pyridine rings is 1. The van der Waals surface area contributed by atoms with Gasteiger partial charge in [0.2, 0.25) is 0 Å². The molecule has 0 bridgehead atoms. The standard InChI is InChI=1S/C46H28N4O/c1-3-11-29(12-4-1)30-19-23-33(24-20-30)45-48-44(32-13-5-2-6-14-32)49-46(50-45)34-25-21-31(22-26-34)42-43-41(37-17-9-10-18-40(37)51-43)38-27-35-15-7-8-16-36(35)28-39(38)47-42/h1-28H. The number of hydrogen-bond acceptors (Lipinski definition) is 5. The van der Waals surface area contributed by atoms with E-state index >= 15 is 0 Å². The Bertz CT molecular complexity index is 2880.